The summed E-state index contributed by atoms with van der Waals surface area (Å²) in [5, 5.41) is 5.77. The Morgan fingerprint density at radius 1 is 1.41 bits per heavy atom. The lowest BCUT2D eigenvalue weighted by molar-refractivity contribution is 0.773. The van der Waals surface area contributed by atoms with Crippen molar-refractivity contribution in [1.82, 2.24) is 0 Å². The molecule has 1 aliphatic carbocycles. The molecule has 2 aliphatic rings. The Hall–Kier alpha value is -0.190. The number of anilines is 1. The predicted octanol–water partition coefficient (Wildman–Crippen LogP) is 4.40. The van der Waals surface area contributed by atoms with Gasteiger partial charge in [-0.2, -0.15) is 0 Å². The Morgan fingerprint density at radius 2 is 2.24 bits per heavy atom. The second-order valence-corrected chi connectivity index (χ2v) is 6.79. The van der Waals surface area contributed by atoms with Crippen LogP contribution in [0.5, 0.6) is 0 Å². The van der Waals surface area contributed by atoms with Crippen molar-refractivity contribution in [2.24, 2.45) is 10.9 Å². The first-order chi connectivity index (χ1) is 8.24. The van der Waals surface area contributed by atoms with Gasteiger partial charge in [0.1, 0.15) is 0 Å². The average molecular weight is 332 g/mol. The van der Waals surface area contributed by atoms with E-state index in [-0.39, 0.29) is 0 Å². The monoisotopic (exact) mass is 330 g/mol. The Balaban J connectivity index is 1.69. The summed E-state index contributed by atoms with van der Waals surface area (Å²) in [5.41, 5.74) is 0.986. The van der Waals surface area contributed by atoms with Gasteiger partial charge < -0.3 is 5.32 Å². The molecule has 90 valence electrons. The van der Waals surface area contributed by atoms with Crippen molar-refractivity contribution in [2.75, 3.05) is 11.9 Å². The van der Waals surface area contributed by atoms with Crippen LogP contribution in [-0.2, 0) is 0 Å². The van der Waals surface area contributed by atoms with E-state index in [1.54, 1.807) is 0 Å². The fourth-order valence-corrected chi connectivity index (χ4v) is 3.65. The van der Waals surface area contributed by atoms with Crippen molar-refractivity contribution >= 4 is 50.1 Å². The molecule has 1 N–H and O–H groups in total. The van der Waals surface area contributed by atoms with E-state index in [9.17, 15) is 0 Å². The summed E-state index contributed by atoms with van der Waals surface area (Å²) in [5.74, 6) is 0.894. The minimum absolute atomic E-state index is 0.690. The van der Waals surface area contributed by atoms with Crippen LogP contribution in [0.3, 0.4) is 0 Å². The lowest BCUT2D eigenvalue weighted by atomic mass is 10.3. The van der Waals surface area contributed by atoms with Crippen LogP contribution in [0.2, 0.25) is 5.02 Å². The van der Waals surface area contributed by atoms with E-state index in [2.05, 4.69) is 26.2 Å². The molecule has 1 aromatic carbocycles. The molecule has 0 bridgehead atoms. The quantitative estimate of drug-likeness (QED) is 0.869. The molecule has 3 rings (SSSR count). The number of halogens is 2. The molecule has 0 radical (unpaired) electrons. The molecule has 1 aliphatic heterocycles. The molecule has 1 fully saturated rings. The molecular formula is C12H12BrClN2S. The minimum atomic E-state index is 0.690. The number of hydrogen-bond donors (Lipinski definition) is 1. The molecule has 1 aromatic rings. The first kappa shape index (κ1) is 11.9. The van der Waals surface area contributed by atoms with Gasteiger partial charge in [-0.1, -0.05) is 29.4 Å². The maximum absolute atomic E-state index is 6.05. The topological polar surface area (TPSA) is 24.4 Å². The number of aliphatic imine (C=N–C) groups is 1. The predicted molar refractivity (Wildman–Crippen MR) is 79.2 cm³/mol. The van der Waals surface area contributed by atoms with E-state index in [0.29, 0.717) is 5.25 Å². The fourth-order valence-electron chi connectivity index (χ4n) is 1.89. The van der Waals surface area contributed by atoms with Crippen LogP contribution in [0.25, 0.3) is 0 Å². The number of hydrogen-bond acceptors (Lipinski definition) is 3. The second-order valence-electron chi connectivity index (χ2n) is 4.37. The fraction of sp³-hybridized carbons (Fsp3) is 0.417. The third kappa shape index (κ3) is 2.64. The van der Waals surface area contributed by atoms with Crippen molar-refractivity contribution in [3.05, 3.63) is 27.7 Å². The zero-order valence-electron chi connectivity index (χ0n) is 9.12. The third-order valence-electron chi connectivity index (χ3n) is 3.02. The van der Waals surface area contributed by atoms with Crippen molar-refractivity contribution < 1.29 is 0 Å². The third-order valence-corrected chi connectivity index (χ3v) is 5.71. The standard InChI is InChI=1S/C12H12BrClN2S/c13-11-8(14)2-1-3-9(11)16-12-15-6-10(17-12)7-4-5-7/h1-3,7,10H,4-6H2,(H,15,16). The summed E-state index contributed by atoms with van der Waals surface area (Å²) in [6, 6.07) is 5.81. The lowest BCUT2D eigenvalue weighted by Gasteiger charge is -2.10. The highest BCUT2D eigenvalue weighted by Gasteiger charge is 2.35. The molecule has 5 heteroatoms. The van der Waals surface area contributed by atoms with Gasteiger partial charge >= 0.3 is 0 Å². The van der Waals surface area contributed by atoms with Crippen LogP contribution in [-0.4, -0.2) is 17.0 Å². The summed E-state index contributed by atoms with van der Waals surface area (Å²) < 4.78 is 0.903. The molecular weight excluding hydrogens is 320 g/mol. The summed E-state index contributed by atoms with van der Waals surface area (Å²) in [6.45, 7) is 0.954. The molecule has 0 aromatic heterocycles. The second kappa shape index (κ2) is 4.82. The molecule has 2 nitrogen and oxygen atoms in total. The molecule has 0 saturated heterocycles. The maximum atomic E-state index is 6.05. The van der Waals surface area contributed by atoms with Crippen LogP contribution in [0.4, 0.5) is 5.69 Å². The van der Waals surface area contributed by atoms with Crippen molar-refractivity contribution in [3.8, 4) is 0 Å². The molecule has 0 amide bonds. The van der Waals surface area contributed by atoms with Crippen LogP contribution < -0.4 is 5.32 Å². The Kier molecular flexibility index (Phi) is 3.37. The molecule has 17 heavy (non-hydrogen) atoms. The van der Waals surface area contributed by atoms with Gasteiger partial charge in [-0.3, -0.25) is 4.99 Å². The highest BCUT2D eigenvalue weighted by Crippen LogP contribution is 2.42. The number of nitrogens with zero attached hydrogens (tertiary/aromatic N) is 1. The van der Waals surface area contributed by atoms with Gasteiger partial charge in [0.15, 0.2) is 5.17 Å². The minimum Gasteiger partial charge on any atom is -0.334 e. The number of rotatable bonds is 2. The van der Waals surface area contributed by atoms with E-state index in [0.717, 1.165) is 32.8 Å². The lowest BCUT2D eigenvalue weighted by Crippen LogP contribution is -2.09. The van der Waals surface area contributed by atoms with E-state index in [4.69, 9.17) is 11.6 Å². The van der Waals surface area contributed by atoms with Crippen LogP contribution in [0.15, 0.2) is 27.7 Å². The van der Waals surface area contributed by atoms with Gasteiger partial charge in [0.25, 0.3) is 0 Å². The van der Waals surface area contributed by atoms with Gasteiger partial charge in [-0.05, 0) is 46.8 Å². The van der Waals surface area contributed by atoms with E-state index in [1.807, 2.05) is 30.0 Å². The van der Waals surface area contributed by atoms with Crippen LogP contribution in [0, 0.1) is 5.92 Å². The molecule has 1 heterocycles. The Bertz CT molecular complexity index is 474. The number of benzene rings is 1. The highest BCUT2D eigenvalue weighted by atomic mass is 79.9. The first-order valence-electron chi connectivity index (χ1n) is 5.66. The van der Waals surface area contributed by atoms with Crippen LogP contribution >= 0.6 is 39.3 Å². The summed E-state index contributed by atoms with van der Waals surface area (Å²) in [4.78, 5) is 4.55. The average Bonchev–Trinajstić information content (AvgIpc) is 3.06. The van der Waals surface area contributed by atoms with Gasteiger partial charge in [-0.25, -0.2) is 0 Å². The van der Waals surface area contributed by atoms with E-state index in [1.165, 1.54) is 12.8 Å². The van der Waals surface area contributed by atoms with E-state index < -0.39 is 0 Å². The van der Waals surface area contributed by atoms with Crippen molar-refractivity contribution in [2.45, 2.75) is 18.1 Å². The molecule has 1 saturated carbocycles. The summed E-state index contributed by atoms with van der Waals surface area (Å²) in [7, 11) is 0. The largest absolute Gasteiger partial charge is 0.334 e. The van der Waals surface area contributed by atoms with Crippen molar-refractivity contribution in [3.63, 3.8) is 0 Å². The molecule has 1 unspecified atom stereocenters. The van der Waals surface area contributed by atoms with Gasteiger partial charge in [-0.15, -0.1) is 0 Å². The Labute approximate surface area is 118 Å². The van der Waals surface area contributed by atoms with Crippen LogP contribution in [0.1, 0.15) is 12.8 Å². The number of nitrogens with one attached hydrogen (secondary N) is 1. The normalized spacial score (nSPS) is 23.6. The summed E-state index contributed by atoms with van der Waals surface area (Å²) in [6.07, 6.45) is 2.75. The molecule has 1 atom stereocenters. The first-order valence-corrected chi connectivity index (χ1v) is 7.71. The zero-order valence-corrected chi connectivity index (χ0v) is 12.3. The number of thioether (sulfide) groups is 1. The van der Waals surface area contributed by atoms with Gasteiger partial charge in [0.05, 0.1) is 21.7 Å². The number of amidine groups is 1. The Morgan fingerprint density at radius 3 is 3.00 bits per heavy atom. The maximum Gasteiger partial charge on any atom is 0.161 e. The van der Waals surface area contributed by atoms with Gasteiger partial charge in [0, 0.05) is 5.25 Å². The van der Waals surface area contributed by atoms with Gasteiger partial charge in [0.2, 0.25) is 0 Å². The van der Waals surface area contributed by atoms with Crippen molar-refractivity contribution in [1.29, 1.82) is 0 Å². The zero-order chi connectivity index (χ0) is 11.8. The highest BCUT2D eigenvalue weighted by molar-refractivity contribution is 9.10. The smallest absolute Gasteiger partial charge is 0.161 e. The SMILES string of the molecule is Clc1cccc(NC2=NCC(C3CC3)S2)c1Br. The summed E-state index contributed by atoms with van der Waals surface area (Å²) >= 11 is 11.4. The molecule has 0 spiro atoms. The van der Waals surface area contributed by atoms with E-state index >= 15 is 0 Å².